The molecule has 2 rings (SSSR count). The average Bonchev–Trinajstić information content (AvgIpc) is 2.61. The van der Waals surface area contributed by atoms with Crippen LogP contribution in [0.5, 0.6) is 5.75 Å². The Kier molecular flexibility index (Phi) is 9.12. The second kappa shape index (κ2) is 10.5. The number of nitro groups is 1. The quantitative estimate of drug-likeness (QED) is 0.555. The van der Waals surface area contributed by atoms with Gasteiger partial charge in [0.05, 0.1) is 4.92 Å². The molecule has 0 bridgehead atoms. The number of hydrogen-bond donors (Lipinski definition) is 1. The van der Waals surface area contributed by atoms with Gasteiger partial charge in [-0.3, -0.25) is 14.9 Å². The van der Waals surface area contributed by atoms with E-state index in [0.29, 0.717) is 19.0 Å². The molecule has 0 aliphatic carbocycles. The number of ether oxygens (including phenoxy) is 1. The third-order valence-electron chi connectivity index (χ3n) is 4.38. The van der Waals surface area contributed by atoms with E-state index < -0.39 is 11.0 Å². The molecule has 1 aliphatic rings. The number of likely N-dealkylation sites (tertiary alicyclic amines) is 1. The third-order valence-corrected chi connectivity index (χ3v) is 4.61. The van der Waals surface area contributed by atoms with E-state index in [-0.39, 0.29) is 34.8 Å². The van der Waals surface area contributed by atoms with Crippen LogP contribution >= 0.6 is 24.0 Å². The first-order valence-corrected chi connectivity index (χ1v) is 8.90. The highest BCUT2D eigenvalue weighted by atomic mass is 35.5. The van der Waals surface area contributed by atoms with Gasteiger partial charge in [-0.25, -0.2) is 0 Å². The molecule has 1 N–H and O–H groups in total. The molecular formula is C17H25Cl2N3O4. The average molecular weight is 406 g/mol. The van der Waals surface area contributed by atoms with Crippen molar-refractivity contribution < 1.29 is 14.5 Å². The Balaban J connectivity index is 0.00000338. The van der Waals surface area contributed by atoms with E-state index in [9.17, 15) is 14.9 Å². The second-order valence-electron chi connectivity index (χ2n) is 6.21. The van der Waals surface area contributed by atoms with E-state index in [1.165, 1.54) is 18.2 Å². The van der Waals surface area contributed by atoms with Crippen LogP contribution in [0.4, 0.5) is 5.69 Å². The molecule has 1 heterocycles. The summed E-state index contributed by atoms with van der Waals surface area (Å²) in [5, 5.41) is 14.7. The van der Waals surface area contributed by atoms with Crippen molar-refractivity contribution >= 4 is 35.6 Å². The summed E-state index contributed by atoms with van der Waals surface area (Å²) >= 11 is 5.79. The molecule has 1 saturated heterocycles. The number of carbonyl (C=O) groups is 1. The Morgan fingerprint density at radius 3 is 2.69 bits per heavy atom. The summed E-state index contributed by atoms with van der Waals surface area (Å²) < 4.78 is 5.56. The predicted octanol–water partition coefficient (Wildman–Crippen LogP) is 3.29. The van der Waals surface area contributed by atoms with Crippen LogP contribution in [0.25, 0.3) is 0 Å². The number of nitrogens with one attached hydrogen (secondary N) is 1. The number of nitro benzene ring substituents is 1. The number of rotatable bonds is 7. The maximum absolute atomic E-state index is 12.6. The first-order valence-electron chi connectivity index (χ1n) is 8.52. The highest BCUT2D eigenvalue weighted by Gasteiger charge is 2.28. The summed E-state index contributed by atoms with van der Waals surface area (Å²) in [6, 6.07) is 4.15. The van der Waals surface area contributed by atoms with Gasteiger partial charge in [0.25, 0.3) is 5.91 Å². The van der Waals surface area contributed by atoms with Gasteiger partial charge in [0, 0.05) is 24.2 Å². The monoisotopic (exact) mass is 405 g/mol. The first-order chi connectivity index (χ1) is 11.9. The number of hydrogen-bond acceptors (Lipinski definition) is 5. The van der Waals surface area contributed by atoms with Crippen LogP contribution in [-0.2, 0) is 4.79 Å². The molecule has 26 heavy (non-hydrogen) atoms. The summed E-state index contributed by atoms with van der Waals surface area (Å²) in [5.74, 6) is 0.487. The summed E-state index contributed by atoms with van der Waals surface area (Å²) in [4.78, 5) is 24.9. The zero-order valence-corrected chi connectivity index (χ0v) is 16.5. The van der Waals surface area contributed by atoms with Crippen molar-refractivity contribution in [1.82, 2.24) is 10.2 Å². The Hall–Kier alpha value is -1.57. The Morgan fingerprint density at radius 1 is 1.46 bits per heavy atom. The molecule has 1 aromatic rings. The van der Waals surface area contributed by atoms with Crippen molar-refractivity contribution in [2.24, 2.45) is 5.92 Å². The number of amides is 1. The normalized spacial score (nSPS) is 15.9. The largest absolute Gasteiger partial charge is 0.474 e. The number of halogens is 2. The number of nitrogens with zero attached hydrogens (tertiary/aromatic N) is 2. The van der Waals surface area contributed by atoms with Crippen LogP contribution in [0, 0.1) is 16.0 Å². The van der Waals surface area contributed by atoms with Gasteiger partial charge in [0.15, 0.2) is 11.9 Å². The van der Waals surface area contributed by atoms with E-state index in [0.717, 1.165) is 25.9 Å². The lowest BCUT2D eigenvalue weighted by Crippen LogP contribution is -2.46. The lowest BCUT2D eigenvalue weighted by molar-refractivity contribution is -0.386. The minimum atomic E-state index is -0.787. The van der Waals surface area contributed by atoms with Crippen molar-refractivity contribution in [1.29, 1.82) is 0 Å². The van der Waals surface area contributed by atoms with Crippen molar-refractivity contribution in [2.45, 2.75) is 32.8 Å². The summed E-state index contributed by atoms with van der Waals surface area (Å²) in [7, 11) is 0. The van der Waals surface area contributed by atoms with Crippen molar-refractivity contribution in [3.63, 3.8) is 0 Å². The molecule has 1 aliphatic heterocycles. The van der Waals surface area contributed by atoms with E-state index in [1.54, 1.807) is 11.8 Å². The van der Waals surface area contributed by atoms with Crippen molar-refractivity contribution in [3.8, 4) is 5.75 Å². The zero-order valence-electron chi connectivity index (χ0n) is 14.9. The molecule has 1 aromatic carbocycles. The molecule has 1 fully saturated rings. The molecule has 1 atom stereocenters. The van der Waals surface area contributed by atoms with Gasteiger partial charge < -0.3 is 15.0 Å². The van der Waals surface area contributed by atoms with Crippen LogP contribution in [-0.4, -0.2) is 48.0 Å². The van der Waals surface area contributed by atoms with E-state index in [4.69, 9.17) is 16.3 Å². The molecule has 1 amide bonds. The van der Waals surface area contributed by atoms with Gasteiger partial charge in [-0.05, 0) is 50.9 Å². The third kappa shape index (κ3) is 6.00. The van der Waals surface area contributed by atoms with Crippen LogP contribution in [0.15, 0.2) is 18.2 Å². The summed E-state index contributed by atoms with van der Waals surface area (Å²) in [5.41, 5.74) is -0.239. The van der Waals surface area contributed by atoms with Gasteiger partial charge in [0.2, 0.25) is 0 Å². The molecule has 0 radical (unpaired) electrons. The van der Waals surface area contributed by atoms with Gasteiger partial charge in [-0.15, -0.1) is 12.4 Å². The number of piperidine rings is 1. The SMILES string of the molecule is CCNCC1CCN(C(=O)C(C)Oc2ccc(Cl)cc2[N+](=O)[O-])CC1.Cl. The molecule has 0 spiro atoms. The van der Waals surface area contributed by atoms with Gasteiger partial charge in [-0.2, -0.15) is 0 Å². The summed E-state index contributed by atoms with van der Waals surface area (Å²) in [6.45, 7) is 6.99. The lowest BCUT2D eigenvalue weighted by Gasteiger charge is -2.33. The number of carbonyl (C=O) groups excluding carboxylic acids is 1. The van der Waals surface area contributed by atoms with E-state index >= 15 is 0 Å². The minimum Gasteiger partial charge on any atom is -0.474 e. The van der Waals surface area contributed by atoms with Crippen LogP contribution in [0.2, 0.25) is 5.02 Å². The smallest absolute Gasteiger partial charge is 0.312 e. The molecule has 146 valence electrons. The van der Waals surface area contributed by atoms with Gasteiger partial charge in [0.1, 0.15) is 0 Å². The Labute approximate surface area is 164 Å². The van der Waals surface area contributed by atoms with Gasteiger partial charge >= 0.3 is 5.69 Å². The second-order valence-corrected chi connectivity index (χ2v) is 6.64. The maximum Gasteiger partial charge on any atom is 0.312 e. The fraction of sp³-hybridized carbons (Fsp3) is 0.588. The fourth-order valence-electron chi connectivity index (χ4n) is 2.94. The molecule has 0 aromatic heterocycles. The zero-order chi connectivity index (χ0) is 18.4. The molecule has 9 heteroatoms. The highest BCUT2D eigenvalue weighted by molar-refractivity contribution is 6.30. The summed E-state index contributed by atoms with van der Waals surface area (Å²) in [6.07, 6.45) is 1.12. The first kappa shape index (κ1) is 22.5. The molecule has 1 unspecified atom stereocenters. The minimum absolute atomic E-state index is 0. The van der Waals surface area contributed by atoms with Crippen molar-refractivity contribution in [3.05, 3.63) is 33.3 Å². The predicted molar refractivity (Wildman–Crippen MR) is 103 cm³/mol. The highest BCUT2D eigenvalue weighted by Crippen LogP contribution is 2.31. The lowest BCUT2D eigenvalue weighted by atomic mass is 9.96. The number of benzene rings is 1. The fourth-order valence-corrected chi connectivity index (χ4v) is 3.10. The Bertz CT molecular complexity index is 622. The Morgan fingerprint density at radius 2 is 2.12 bits per heavy atom. The van der Waals surface area contributed by atoms with Gasteiger partial charge in [-0.1, -0.05) is 18.5 Å². The maximum atomic E-state index is 12.6. The molecule has 0 saturated carbocycles. The van der Waals surface area contributed by atoms with E-state index in [1.807, 2.05) is 0 Å². The van der Waals surface area contributed by atoms with Crippen LogP contribution in [0.1, 0.15) is 26.7 Å². The molecular weight excluding hydrogens is 381 g/mol. The standard InChI is InChI=1S/C17H24ClN3O4.ClH/c1-3-19-11-13-6-8-20(9-7-13)17(22)12(2)25-16-5-4-14(18)10-15(16)21(23)24;/h4-5,10,12-13,19H,3,6-9,11H2,1-2H3;1H. The topological polar surface area (TPSA) is 84.7 Å². The molecule has 7 nitrogen and oxygen atoms in total. The van der Waals surface area contributed by atoms with Crippen LogP contribution in [0.3, 0.4) is 0 Å². The van der Waals surface area contributed by atoms with Crippen LogP contribution < -0.4 is 10.1 Å². The van der Waals surface area contributed by atoms with Crippen molar-refractivity contribution in [2.75, 3.05) is 26.2 Å². The van der Waals surface area contributed by atoms with E-state index in [2.05, 4.69) is 12.2 Å².